The Balaban J connectivity index is 1.98. The second-order valence-corrected chi connectivity index (χ2v) is 7.94. The molecule has 1 aliphatic heterocycles. The van der Waals surface area contributed by atoms with E-state index < -0.39 is 23.1 Å². The van der Waals surface area contributed by atoms with E-state index in [-0.39, 0.29) is 11.8 Å². The molecule has 4 heteroatoms. The Morgan fingerprint density at radius 1 is 1.04 bits per heavy atom. The van der Waals surface area contributed by atoms with Crippen LogP contribution in [0, 0.1) is 17.3 Å². The Kier molecular flexibility index (Phi) is 4.48. The van der Waals surface area contributed by atoms with Gasteiger partial charge in [0.25, 0.3) is 5.79 Å². The van der Waals surface area contributed by atoms with Gasteiger partial charge in [0.2, 0.25) is 0 Å². The highest BCUT2D eigenvalue weighted by atomic mass is 16.7. The van der Waals surface area contributed by atoms with Gasteiger partial charge in [0, 0.05) is 19.8 Å². The highest BCUT2D eigenvalue weighted by molar-refractivity contribution is 6.02. The molecule has 1 spiro atoms. The van der Waals surface area contributed by atoms with Gasteiger partial charge in [0.05, 0.1) is 0 Å². The van der Waals surface area contributed by atoms with Gasteiger partial charge in [-0.3, -0.25) is 9.59 Å². The van der Waals surface area contributed by atoms with Crippen LogP contribution in [0.5, 0.6) is 0 Å². The Morgan fingerprint density at radius 2 is 1.64 bits per heavy atom. The number of rotatable bonds is 2. The molecule has 0 aromatic heterocycles. The number of cyclic esters (lactones) is 2. The zero-order valence-corrected chi connectivity index (χ0v) is 15.3. The summed E-state index contributed by atoms with van der Waals surface area (Å²) in [5.41, 5.74) is -0.0304. The van der Waals surface area contributed by atoms with Gasteiger partial charge in [-0.2, -0.15) is 0 Å². The van der Waals surface area contributed by atoms with E-state index in [1.807, 2.05) is 24.3 Å². The second kappa shape index (κ2) is 6.32. The summed E-state index contributed by atoms with van der Waals surface area (Å²) in [5.74, 6) is -1.50. The Bertz CT molecular complexity index is 667. The first-order valence-corrected chi connectivity index (χ1v) is 8.94. The Hall–Kier alpha value is -2.10. The first-order chi connectivity index (χ1) is 11.8. The number of carbonyl (C=O) groups is 2. The standard InChI is InChI=1S/C21H26O4/c1-14(2)17-13-21(18(22)24-20(3,4)25-19(21)23)12-8-11-16(17)15-9-6-5-7-10-15/h5-11,14,16-17H,12-13H2,1-4H3/t16-,17?/m0/s1. The SMILES string of the molecule is CC(C)C1CC2(CC=C[C@H]1c1ccccc1)C(=O)OC(C)(C)OC2=O. The molecule has 3 rings (SSSR count). The molecule has 0 amide bonds. The fraction of sp³-hybridized carbons (Fsp3) is 0.524. The molecule has 1 heterocycles. The van der Waals surface area contributed by atoms with E-state index in [2.05, 4.69) is 32.1 Å². The van der Waals surface area contributed by atoms with Crippen molar-refractivity contribution in [2.45, 2.75) is 52.2 Å². The minimum Gasteiger partial charge on any atom is -0.422 e. The van der Waals surface area contributed by atoms with Crippen molar-refractivity contribution < 1.29 is 19.1 Å². The van der Waals surface area contributed by atoms with Crippen molar-refractivity contribution in [3.63, 3.8) is 0 Å². The molecule has 1 saturated heterocycles. The summed E-state index contributed by atoms with van der Waals surface area (Å²) in [5, 5.41) is 0. The van der Waals surface area contributed by atoms with Crippen LogP contribution >= 0.6 is 0 Å². The summed E-state index contributed by atoms with van der Waals surface area (Å²) < 4.78 is 10.9. The molecule has 25 heavy (non-hydrogen) atoms. The highest BCUT2D eigenvalue weighted by Crippen LogP contribution is 2.48. The lowest BCUT2D eigenvalue weighted by Gasteiger charge is -2.41. The molecule has 0 radical (unpaired) electrons. The molecule has 4 nitrogen and oxygen atoms in total. The van der Waals surface area contributed by atoms with Crippen molar-refractivity contribution in [3.8, 4) is 0 Å². The summed E-state index contributed by atoms with van der Waals surface area (Å²) in [7, 11) is 0. The lowest BCUT2D eigenvalue weighted by atomic mass is 9.69. The van der Waals surface area contributed by atoms with Crippen LogP contribution in [0.4, 0.5) is 0 Å². The van der Waals surface area contributed by atoms with Crippen LogP contribution in [0.3, 0.4) is 0 Å². The second-order valence-electron chi connectivity index (χ2n) is 7.94. The van der Waals surface area contributed by atoms with Crippen molar-refractivity contribution in [2.24, 2.45) is 17.3 Å². The topological polar surface area (TPSA) is 52.6 Å². The number of esters is 2. The fourth-order valence-electron chi connectivity index (χ4n) is 3.93. The van der Waals surface area contributed by atoms with Crippen molar-refractivity contribution in [1.29, 1.82) is 0 Å². The molecule has 2 atom stereocenters. The van der Waals surface area contributed by atoms with E-state index >= 15 is 0 Å². The van der Waals surface area contributed by atoms with Gasteiger partial charge in [0.1, 0.15) is 0 Å². The number of ether oxygens (including phenoxy) is 2. The minimum atomic E-state index is -1.23. The summed E-state index contributed by atoms with van der Waals surface area (Å²) >= 11 is 0. The minimum absolute atomic E-state index is 0.141. The first kappa shape index (κ1) is 17.7. The monoisotopic (exact) mass is 342 g/mol. The van der Waals surface area contributed by atoms with E-state index in [0.29, 0.717) is 18.8 Å². The van der Waals surface area contributed by atoms with Gasteiger partial charge >= 0.3 is 11.9 Å². The van der Waals surface area contributed by atoms with Crippen molar-refractivity contribution in [1.82, 2.24) is 0 Å². The summed E-state index contributed by atoms with van der Waals surface area (Å²) in [6.45, 7) is 7.46. The number of allylic oxidation sites excluding steroid dienone is 2. The van der Waals surface area contributed by atoms with Gasteiger partial charge in [-0.15, -0.1) is 0 Å². The molecule has 0 N–H and O–H groups in total. The molecule has 2 aliphatic rings. The van der Waals surface area contributed by atoms with Crippen LogP contribution < -0.4 is 0 Å². The maximum atomic E-state index is 12.8. The number of benzene rings is 1. The summed E-state index contributed by atoms with van der Waals surface area (Å²) in [6, 6.07) is 10.2. The van der Waals surface area contributed by atoms with Gasteiger partial charge in [-0.05, 0) is 30.2 Å². The van der Waals surface area contributed by atoms with E-state index in [0.717, 1.165) is 0 Å². The zero-order chi connectivity index (χ0) is 18.2. The first-order valence-electron chi connectivity index (χ1n) is 8.94. The predicted octanol–water partition coefficient (Wildman–Crippen LogP) is 4.21. The largest absolute Gasteiger partial charge is 0.422 e. The number of carbonyl (C=O) groups excluding carboxylic acids is 2. The summed E-state index contributed by atoms with van der Waals surface area (Å²) in [4.78, 5) is 25.6. The number of hydrogen-bond donors (Lipinski definition) is 0. The third-order valence-corrected chi connectivity index (χ3v) is 5.35. The van der Waals surface area contributed by atoms with Gasteiger partial charge in [-0.25, -0.2) is 0 Å². The normalized spacial score (nSPS) is 27.7. The maximum Gasteiger partial charge on any atom is 0.327 e. The van der Waals surface area contributed by atoms with Crippen LogP contribution in [-0.2, 0) is 19.1 Å². The van der Waals surface area contributed by atoms with E-state index in [4.69, 9.17) is 9.47 Å². The van der Waals surface area contributed by atoms with E-state index in [1.165, 1.54) is 5.56 Å². The molecular weight excluding hydrogens is 316 g/mol. The van der Waals surface area contributed by atoms with Gasteiger partial charge < -0.3 is 9.47 Å². The molecular formula is C21H26O4. The average molecular weight is 342 g/mol. The van der Waals surface area contributed by atoms with Crippen LogP contribution in [0.15, 0.2) is 42.5 Å². The lowest BCUT2D eigenvalue weighted by molar-refractivity contribution is -0.252. The van der Waals surface area contributed by atoms with Crippen molar-refractivity contribution in [2.75, 3.05) is 0 Å². The third-order valence-electron chi connectivity index (χ3n) is 5.35. The quantitative estimate of drug-likeness (QED) is 0.459. The zero-order valence-electron chi connectivity index (χ0n) is 15.3. The maximum absolute atomic E-state index is 12.8. The Morgan fingerprint density at radius 3 is 2.20 bits per heavy atom. The fourth-order valence-corrected chi connectivity index (χ4v) is 3.93. The molecule has 134 valence electrons. The van der Waals surface area contributed by atoms with Crippen LogP contribution in [0.1, 0.15) is 52.0 Å². The van der Waals surface area contributed by atoms with Crippen LogP contribution in [0.2, 0.25) is 0 Å². The van der Waals surface area contributed by atoms with E-state index in [9.17, 15) is 9.59 Å². The smallest absolute Gasteiger partial charge is 0.327 e. The number of hydrogen-bond acceptors (Lipinski definition) is 4. The molecule has 1 aliphatic carbocycles. The average Bonchev–Trinajstić information content (AvgIpc) is 2.74. The molecule has 1 aromatic rings. The van der Waals surface area contributed by atoms with Crippen molar-refractivity contribution in [3.05, 3.63) is 48.0 Å². The van der Waals surface area contributed by atoms with E-state index in [1.54, 1.807) is 13.8 Å². The lowest BCUT2D eigenvalue weighted by Crippen LogP contribution is -2.54. The molecule has 0 saturated carbocycles. The molecule has 0 bridgehead atoms. The van der Waals surface area contributed by atoms with Crippen LogP contribution in [0.25, 0.3) is 0 Å². The van der Waals surface area contributed by atoms with Crippen LogP contribution in [-0.4, -0.2) is 17.7 Å². The van der Waals surface area contributed by atoms with Crippen molar-refractivity contribution >= 4 is 11.9 Å². The molecule has 1 aromatic carbocycles. The highest BCUT2D eigenvalue weighted by Gasteiger charge is 2.57. The molecule has 1 unspecified atom stereocenters. The Labute approximate surface area is 149 Å². The third kappa shape index (κ3) is 3.22. The van der Waals surface area contributed by atoms with Gasteiger partial charge in [0.15, 0.2) is 5.41 Å². The van der Waals surface area contributed by atoms with Gasteiger partial charge in [-0.1, -0.05) is 56.3 Å². The predicted molar refractivity (Wildman–Crippen MR) is 94.6 cm³/mol. The molecule has 1 fully saturated rings. The summed E-state index contributed by atoms with van der Waals surface area (Å²) in [6.07, 6.45) is 4.84.